The molecule has 17 heavy (non-hydrogen) atoms. The van der Waals surface area contributed by atoms with Gasteiger partial charge in [0.1, 0.15) is 0 Å². The van der Waals surface area contributed by atoms with Crippen LogP contribution < -0.4 is 10.9 Å². The molecule has 0 radical (unpaired) electrons. The predicted molar refractivity (Wildman–Crippen MR) is 64.9 cm³/mol. The van der Waals surface area contributed by atoms with Gasteiger partial charge < -0.3 is 15.0 Å². The predicted octanol–water partition coefficient (Wildman–Crippen LogP) is 0.276. The molecular formula is C12H18N2O3. The van der Waals surface area contributed by atoms with Crippen molar-refractivity contribution in [3.05, 3.63) is 34.2 Å². The van der Waals surface area contributed by atoms with E-state index < -0.39 is 0 Å². The van der Waals surface area contributed by atoms with Crippen molar-refractivity contribution in [2.24, 2.45) is 7.05 Å². The summed E-state index contributed by atoms with van der Waals surface area (Å²) in [5.41, 5.74) is 0.157. The molecule has 1 amide bonds. The number of hydrogen-bond acceptors (Lipinski definition) is 3. The third-order valence-corrected chi connectivity index (χ3v) is 2.54. The molecule has 2 N–H and O–H groups in total. The molecule has 0 saturated carbocycles. The summed E-state index contributed by atoms with van der Waals surface area (Å²) in [4.78, 5) is 23.1. The summed E-state index contributed by atoms with van der Waals surface area (Å²) in [6, 6.07) is 2.91. The molecule has 0 aromatic carbocycles. The Morgan fingerprint density at radius 2 is 2.29 bits per heavy atom. The number of amides is 1. The fourth-order valence-electron chi connectivity index (χ4n) is 1.47. The van der Waals surface area contributed by atoms with Gasteiger partial charge in [-0.15, -0.1) is 0 Å². The fraction of sp³-hybridized carbons (Fsp3) is 0.500. The monoisotopic (exact) mass is 238 g/mol. The Kier molecular flexibility index (Phi) is 4.90. The van der Waals surface area contributed by atoms with E-state index in [0.717, 1.165) is 0 Å². The molecule has 94 valence electrons. The summed E-state index contributed by atoms with van der Waals surface area (Å²) in [5, 5.41) is 11.5. The lowest BCUT2D eigenvalue weighted by Crippen LogP contribution is -2.33. The molecule has 0 fully saturated rings. The number of carbonyl (C=O) groups is 1. The minimum Gasteiger partial charge on any atom is -0.396 e. The highest BCUT2D eigenvalue weighted by atomic mass is 16.3. The quantitative estimate of drug-likeness (QED) is 0.773. The highest BCUT2D eigenvalue weighted by Crippen LogP contribution is 1.99. The van der Waals surface area contributed by atoms with E-state index in [1.54, 1.807) is 19.3 Å². The average molecular weight is 238 g/mol. The summed E-state index contributed by atoms with van der Waals surface area (Å²) >= 11 is 0. The number of nitrogens with zero attached hydrogens (tertiary/aromatic N) is 1. The zero-order valence-electron chi connectivity index (χ0n) is 10.1. The first kappa shape index (κ1) is 13.4. The Labute approximate surface area is 100 Å². The number of nitrogens with one attached hydrogen (secondary N) is 1. The molecule has 1 aromatic rings. The van der Waals surface area contributed by atoms with E-state index in [1.165, 1.54) is 10.6 Å². The molecular weight excluding hydrogens is 220 g/mol. The Morgan fingerprint density at radius 1 is 1.59 bits per heavy atom. The van der Waals surface area contributed by atoms with E-state index in [4.69, 9.17) is 5.11 Å². The van der Waals surface area contributed by atoms with Crippen LogP contribution in [0, 0.1) is 0 Å². The first-order chi connectivity index (χ1) is 8.04. The molecule has 0 spiro atoms. The number of aryl methyl sites for hydroxylation is 1. The summed E-state index contributed by atoms with van der Waals surface area (Å²) < 4.78 is 1.41. The Bertz CT molecular complexity index is 440. The maximum atomic E-state index is 11.8. The lowest BCUT2D eigenvalue weighted by atomic mass is 10.1. The molecule has 1 atom stereocenters. The SMILES string of the molecule is CC(CCCO)NC(=O)c1ccn(C)c(=O)c1. The normalized spacial score (nSPS) is 12.2. The van der Waals surface area contributed by atoms with Gasteiger partial charge in [-0.2, -0.15) is 0 Å². The zero-order valence-corrected chi connectivity index (χ0v) is 10.1. The van der Waals surface area contributed by atoms with Gasteiger partial charge in [-0.3, -0.25) is 9.59 Å². The summed E-state index contributed by atoms with van der Waals surface area (Å²) in [6.07, 6.45) is 2.93. The molecule has 1 aromatic heterocycles. The van der Waals surface area contributed by atoms with Gasteiger partial charge in [0.15, 0.2) is 0 Å². The van der Waals surface area contributed by atoms with Crippen molar-refractivity contribution in [3.63, 3.8) is 0 Å². The second-order valence-corrected chi connectivity index (χ2v) is 4.10. The number of aliphatic hydroxyl groups excluding tert-OH is 1. The van der Waals surface area contributed by atoms with Crippen LogP contribution in [0.25, 0.3) is 0 Å². The molecule has 0 bridgehead atoms. The van der Waals surface area contributed by atoms with Crippen LogP contribution in [0.4, 0.5) is 0 Å². The van der Waals surface area contributed by atoms with Crippen molar-refractivity contribution in [1.82, 2.24) is 9.88 Å². The number of aromatic nitrogens is 1. The maximum Gasteiger partial charge on any atom is 0.251 e. The smallest absolute Gasteiger partial charge is 0.251 e. The molecule has 0 saturated heterocycles. The van der Waals surface area contributed by atoms with Gasteiger partial charge in [0.05, 0.1) is 0 Å². The Hall–Kier alpha value is -1.62. The zero-order chi connectivity index (χ0) is 12.8. The summed E-state index contributed by atoms with van der Waals surface area (Å²) in [6.45, 7) is 1.99. The third kappa shape index (κ3) is 4.03. The van der Waals surface area contributed by atoms with Gasteiger partial charge in [-0.1, -0.05) is 0 Å². The van der Waals surface area contributed by atoms with E-state index in [-0.39, 0.29) is 24.1 Å². The van der Waals surface area contributed by atoms with Crippen molar-refractivity contribution < 1.29 is 9.90 Å². The first-order valence-corrected chi connectivity index (χ1v) is 5.63. The number of pyridine rings is 1. The molecule has 0 aliphatic carbocycles. The van der Waals surface area contributed by atoms with Crippen LogP contribution in [0.15, 0.2) is 23.1 Å². The van der Waals surface area contributed by atoms with Gasteiger partial charge in [0.25, 0.3) is 11.5 Å². The van der Waals surface area contributed by atoms with Gasteiger partial charge in [0, 0.05) is 37.5 Å². The lowest BCUT2D eigenvalue weighted by molar-refractivity contribution is 0.0936. The van der Waals surface area contributed by atoms with Gasteiger partial charge in [0.2, 0.25) is 0 Å². The van der Waals surface area contributed by atoms with E-state index >= 15 is 0 Å². The average Bonchev–Trinajstić information content (AvgIpc) is 2.30. The van der Waals surface area contributed by atoms with E-state index in [2.05, 4.69) is 5.32 Å². The van der Waals surface area contributed by atoms with Crippen LogP contribution in [0.2, 0.25) is 0 Å². The molecule has 0 aliphatic heterocycles. The molecule has 5 nitrogen and oxygen atoms in total. The summed E-state index contributed by atoms with van der Waals surface area (Å²) in [5.74, 6) is -0.256. The first-order valence-electron chi connectivity index (χ1n) is 5.63. The van der Waals surface area contributed by atoms with Crippen LogP contribution in [0.3, 0.4) is 0 Å². The van der Waals surface area contributed by atoms with Gasteiger partial charge in [-0.05, 0) is 25.8 Å². The molecule has 1 rings (SSSR count). The van der Waals surface area contributed by atoms with Crippen molar-refractivity contribution in [3.8, 4) is 0 Å². The Morgan fingerprint density at radius 3 is 2.88 bits per heavy atom. The van der Waals surface area contributed by atoms with E-state index in [9.17, 15) is 9.59 Å². The molecule has 0 aliphatic rings. The standard InChI is InChI=1S/C12H18N2O3/c1-9(4-3-7-15)13-12(17)10-5-6-14(2)11(16)8-10/h5-6,8-9,15H,3-4,7H2,1-2H3,(H,13,17). The molecule has 1 heterocycles. The van der Waals surface area contributed by atoms with Crippen LogP contribution in [0.5, 0.6) is 0 Å². The van der Waals surface area contributed by atoms with Crippen molar-refractivity contribution in [1.29, 1.82) is 0 Å². The molecule has 5 heteroatoms. The summed E-state index contributed by atoms with van der Waals surface area (Å²) in [7, 11) is 1.63. The highest BCUT2D eigenvalue weighted by Gasteiger charge is 2.10. The van der Waals surface area contributed by atoms with E-state index in [1.807, 2.05) is 6.92 Å². The van der Waals surface area contributed by atoms with Crippen LogP contribution in [-0.2, 0) is 7.05 Å². The van der Waals surface area contributed by atoms with Crippen LogP contribution >= 0.6 is 0 Å². The third-order valence-electron chi connectivity index (χ3n) is 2.54. The van der Waals surface area contributed by atoms with E-state index in [0.29, 0.717) is 18.4 Å². The van der Waals surface area contributed by atoms with Crippen molar-refractivity contribution in [2.75, 3.05) is 6.61 Å². The maximum absolute atomic E-state index is 11.8. The van der Waals surface area contributed by atoms with Gasteiger partial charge in [-0.25, -0.2) is 0 Å². The largest absolute Gasteiger partial charge is 0.396 e. The second kappa shape index (κ2) is 6.20. The van der Waals surface area contributed by atoms with Crippen LogP contribution in [-0.4, -0.2) is 28.2 Å². The highest BCUT2D eigenvalue weighted by molar-refractivity contribution is 5.94. The second-order valence-electron chi connectivity index (χ2n) is 4.10. The number of aliphatic hydroxyl groups is 1. The minimum absolute atomic E-state index is 0.0151. The number of hydrogen-bond donors (Lipinski definition) is 2. The number of carbonyl (C=O) groups excluding carboxylic acids is 1. The molecule has 1 unspecified atom stereocenters. The Balaban J connectivity index is 2.63. The number of rotatable bonds is 5. The topological polar surface area (TPSA) is 71.3 Å². The fourth-order valence-corrected chi connectivity index (χ4v) is 1.47. The van der Waals surface area contributed by atoms with Crippen molar-refractivity contribution >= 4 is 5.91 Å². The van der Waals surface area contributed by atoms with Gasteiger partial charge >= 0.3 is 0 Å². The lowest BCUT2D eigenvalue weighted by Gasteiger charge is -2.13. The van der Waals surface area contributed by atoms with Crippen molar-refractivity contribution in [2.45, 2.75) is 25.8 Å². The van der Waals surface area contributed by atoms with Crippen LogP contribution in [0.1, 0.15) is 30.1 Å². The minimum atomic E-state index is -0.256.